The summed E-state index contributed by atoms with van der Waals surface area (Å²) in [5.74, 6) is 0. The molecule has 5 heteroatoms. The minimum Gasteiger partial charge on any atom is -1.00 e. The molecule has 0 aromatic heterocycles. The van der Waals surface area contributed by atoms with Crippen molar-refractivity contribution in [3.8, 4) is 0 Å². The summed E-state index contributed by atoms with van der Waals surface area (Å²) in [4.78, 5) is 0. The van der Waals surface area contributed by atoms with Gasteiger partial charge in [-0.25, -0.2) is 0 Å². The Labute approximate surface area is 142 Å². The molecule has 0 bridgehead atoms. The zero-order chi connectivity index (χ0) is 0. The molecule has 0 heterocycles. The van der Waals surface area contributed by atoms with Crippen LogP contribution in [0.3, 0.4) is 0 Å². The molecule has 1 atom stereocenters. The van der Waals surface area contributed by atoms with Gasteiger partial charge in [-0.15, -0.1) is 24.0 Å². The van der Waals surface area contributed by atoms with Gasteiger partial charge in [0.1, 0.15) is 0 Å². The van der Waals surface area contributed by atoms with Gasteiger partial charge in [0, 0.05) is 0 Å². The molecule has 8 heavy (non-hydrogen) atoms. The summed E-state index contributed by atoms with van der Waals surface area (Å²) < 4.78 is 0. The summed E-state index contributed by atoms with van der Waals surface area (Å²) in [6.45, 7) is 0. The quantitative estimate of drug-likeness (QED) is 0.223. The summed E-state index contributed by atoms with van der Waals surface area (Å²) in [6, 6.07) is 0. The van der Waals surface area contributed by atoms with Gasteiger partial charge >= 0.3 is 51.4 Å². The summed E-state index contributed by atoms with van der Waals surface area (Å²) >= 11 is 0. The van der Waals surface area contributed by atoms with Crippen LogP contribution >= 0.6 is 47.4 Å². The average molecular weight is 410 g/mol. The Hall–Kier alpha value is 3.88. The fraction of sp³-hybridized carbons (Fsp3) is 1.00. The Morgan fingerprint density at radius 3 is 0.750 bits per heavy atom. The number of hydrogen-bond acceptors (Lipinski definition) is 0. The van der Waals surface area contributed by atoms with Gasteiger partial charge in [-0.05, 0) is 0 Å². The van der Waals surface area contributed by atoms with E-state index in [4.69, 9.17) is 0 Å². The third-order valence-corrected chi connectivity index (χ3v) is 0. The molecule has 1 unspecified atom stereocenters. The Bertz CT molecular complexity index is 17.2. The van der Waals surface area contributed by atoms with Gasteiger partial charge in [-0.2, -0.15) is 23.4 Å². The van der Waals surface area contributed by atoms with Crippen molar-refractivity contribution in [1.29, 1.82) is 0 Å². The van der Waals surface area contributed by atoms with E-state index in [1.54, 1.807) is 0 Å². The zero-order valence-electron chi connectivity index (χ0n) is 2.99. The normalized spacial score (nSPS) is 0. The fourth-order valence-corrected chi connectivity index (χ4v) is 0. The van der Waals surface area contributed by atoms with Crippen LogP contribution in [0.5, 0.6) is 0 Å². The minimum atomic E-state index is 0. The molecule has 0 fully saturated rings. The SMILES string of the molecule is C.C.C.I.P.S.[I-].[K+]. The van der Waals surface area contributed by atoms with Crippen molar-refractivity contribution in [2.45, 2.75) is 22.3 Å². The van der Waals surface area contributed by atoms with Gasteiger partial charge in [-0.1, -0.05) is 22.3 Å². The minimum absolute atomic E-state index is 0. The Morgan fingerprint density at radius 2 is 0.750 bits per heavy atom. The molecule has 0 radical (unpaired) electrons. The molecule has 0 aliphatic heterocycles. The summed E-state index contributed by atoms with van der Waals surface area (Å²) in [7, 11) is 0. The van der Waals surface area contributed by atoms with E-state index in [0.717, 1.165) is 0 Å². The first-order chi connectivity index (χ1) is 0. The molecule has 0 aliphatic rings. The van der Waals surface area contributed by atoms with Crippen molar-refractivity contribution >= 4 is 47.4 Å². The van der Waals surface area contributed by atoms with E-state index in [0.29, 0.717) is 0 Å². The summed E-state index contributed by atoms with van der Waals surface area (Å²) in [5, 5.41) is 0. The van der Waals surface area contributed by atoms with E-state index in [1.807, 2.05) is 0 Å². The molecular weight excluding hydrogens is 392 g/mol. The molecule has 0 aliphatic carbocycles. The summed E-state index contributed by atoms with van der Waals surface area (Å²) in [6.07, 6.45) is 0. The second-order valence-corrected chi connectivity index (χ2v) is 0. The van der Waals surface area contributed by atoms with Crippen LogP contribution in [0.25, 0.3) is 0 Å². The van der Waals surface area contributed by atoms with Crippen LogP contribution in [-0.4, -0.2) is 0 Å². The molecule has 0 aromatic carbocycles. The van der Waals surface area contributed by atoms with Gasteiger partial charge in [-0.3, -0.25) is 0 Å². The molecule has 56 valence electrons. The maximum atomic E-state index is 0. The molecule has 0 saturated carbocycles. The average Bonchev–Trinajstić information content (AvgIpc) is 0. The van der Waals surface area contributed by atoms with Crippen LogP contribution in [-0.2, 0) is 0 Å². The standard InChI is InChI=1S/3CH4.2HI.K.H3P.H2S/h3*1H4;2*1H;;1H3;1H2/q;;;;;+1;;/p-1. The maximum absolute atomic E-state index is 0. The van der Waals surface area contributed by atoms with Crippen LogP contribution in [0.4, 0.5) is 0 Å². The Morgan fingerprint density at radius 1 is 0.750 bits per heavy atom. The fourth-order valence-electron chi connectivity index (χ4n) is 0. The van der Waals surface area contributed by atoms with Crippen molar-refractivity contribution in [3.05, 3.63) is 0 Å². The third kappa shape index (κ3) is 51.8. The predicted molar refractivity (Wildman–Crippen MR) is 57.1 cm³/mol. The van der Waals surface area contributed by atoms with E-state index < -0.39 is 0 Å². The van der Waals surface area contributed by atoms with Gasteiger partial charge in [0.15, 0.2) is 0 Å². The van der Waals surface area contributed by atoms with E-state index in [2.05, 4.69) is 0 Å². The van der Waals surface area contributed by atoms with Gasteiger partial charge in [0.2, 0.25) is 0 Å². The van der Waals surface area contributed by atoms with Crippen LogP contribution in [0.1, 0.15) is 22.3 Å². The van der Waals surface area contributed by atoms with Crippen molar-refractivity contribution < 1.29 is 75.4 Å². The van der Waals surface area contributed by atoms with Crippen molar-refractivity contribution in [2.24, 2.45) is 0 Å². The van der Waals surface area contributed by atoms with E-state index in [9.17, 15) is 0 Å². The molecule has 0 aromatic rings. The summed E-state index contributed by atoms with van der Waals surface area (Å²) in [5.41, 5.74) is 0. The van der Waals surface area contributed by atoms with Crippen LogP contribution in [0.2, 0.25) is 0 Å². The molecule has 0 amide bonds. The van der Waals surface area contributed by atoms with E-state index >= 15 is 0 Å². The molecule has 0 rings (SSSR count). The van der Waals surface area contributed by atoms with Crippen LogP contribution in [0, 0.1) is 0 Å². The number of rotatable bonds is 0. The first-order valence-electron chi connectivity index (χ1n) is 0. The van der Waals surface area contributed by atoms with E-state index in [-0.39, 0.29) is 145 Å². The second kappa shape index (κ2) is 70.6. The Balaban J connectivity index is 0. The van der Waals surface area contributed by atoms with Gasteiger partial charge < -0.3 is 24.0 Å². The third-order valence-electron chi connectivity index (χ3n) is 0. The van der Waals surface area contributed by atoms with Gasteiger partial charge in [0.25, 0.3) is 0 Å². The smallest absolute Gasteiger partial charge is 1.00 e. The van der Waals surface area contributed by atoms with Gasteiger partial charge in [0.05, 0.1) is 0 Å². The first-order valence-corrected chi connectivity index (χ1v) is 0. The predicted octanol–water partition coefficient (Wildman–Crippen LogP) is -3.29. The largest absolute Gasteiger partial charge is 1.00 e. The van der Waals surface area contributed by atoms with E-state index in [1.165, 1.54) is 0 Å². The number of halogens is 2. The maximum Gasteiger partial charge on any atom is 1.00 e. The molecule has 0 nitrogen and oxygen atoms in total. The molecular formula is C3H18I2KPS. The monoisotopic (exact) mass is 410 g/mol. The van der Waals surface area contributed by atoms with Crippen LogP contribution < -0.4 is 75.4 Å². The first kappa shape index (κ1) is 93.5. The van der Waals surface area contributed by atoms with Crippen molar-refractivity contribution in [2.75, 3.05) is 0 Å². The topological polar surface area (TPSA) is 0 Å². The number of hydrogen-bond donors (Lipinski definition) is 0. The van der Waals surface area contributed by atoms with Crippen LogP contribution in [0.15, 0.2) is 0 Å². The van der Waals surface area contributed by atoms with Crippen molar-refractivity contribution in [1.82, 2.24) is 0 Å². The van der Waals surface area contributed by atoms with Crippen molar-refractivity contribution in [3.63, 3.8) is 0 Å². The molecule has 0 saturated heterocycles. The second-order valence-electron chi connectivity index (χ2n) is 0. The zero-order valence-corrected chi connectivity index (χ0v) is 13.0. The molecule has 0 N–H and O–H groups in total. The Kier molecular flexibility index (Phi) is 825. The molecule has 0 spiro atoms.